The van der Waals surface area contributed by atoms with E-state index in [4.69, 9.17) is 14.2 Å². The fraction of sp³-hybridized carbons (Fsp3) is 0.944. The average Bonchev–Trinajstić information content (AvgIpc) is 3.22. The van der Waals surface area contributed by atoms with Gasteiger partial charge in [0.15, 0.2) is 6.10 Å². The molecule has 0 aromatic rings. The summed E-state index contributed by atoms with van der Waals surface area (Å²) in [4.78, 5) is 37.9. The Kier molecular flexibility index (Phi) is 44.2. The van der Waals surface area contributed by atoms with Gasteiger partial charge in [0, 0.05) is 19.3 Å². The number of hydrogen-bond acceptors (Lipinski definition) is 6. The van der Waals surface area contributed by atoms with Crippen molar-refractivity contribution in [1.29, 1.82) is 0 Å². The molecule has 0 saturated carbocycles. The van der Waals surface area contributed by atoms with E-state index in [0.717, 1.165) is 75.5 Å². The lowest BCUT2D eigenvalue weighted by molar-refractivity contribution is -0.167. The van der Waals surface area contributed by atoms with Crippen molar-refractivity contribution >= 4 is 17.9 Å². The summed E-state index contributed by atoms with van der Waals surface area (Å²) in [6.45, 7) is 13.7. The van der Waals surface area contributed by atoms with E-state index >= 15 is 0 Å². The van der Waals surface area contributed by atoms with Crippen LogP contribution in [-0.2, 0) is 28.6 Å². The monoisotopic (exact) mass is 849 g/mol. The van der Waals surface area contributed by atoms with Crippen LogP contribution in [0.2, 0.25) is 0 Å². The number of carbonyl (C=O) groups excluding carboxylic acids is 3. The Balaban J connectivity index is 4.25. The first-order chi connectivity index (χ1) is 29.1. The summed E-state index contributed by atoms with van der Waals surface area (Å²) in [6, 6.07) is 0. The van der Waals surface area contributed by atoms with Crippen molar-refractivity contribution in [2.24, 2.45) is 17.8 Å². The number of rotatable bonds is 47. The quantitative estimate of drug-likeness (QED) is 0.0345. The van der Waals surface area contributed by atoms with Crippen molar-refractivity contribution in [2.75, 3.05) is 13.2 Å². The van der Waals surface area contributed by atoms with E-state index in [9.17, 15) is 14.4 Å². The van der Waals surface area contributed by atoms with Crippen molar-refractivity contribution in [3.8, 4) is 0 Å². The predicted octanol–water partition coefficient (Wildman–Crippen LogP) is 17.2. The van der Waals surface area contributed by atoms with Gasteiger partial charge < -0.3 is 14.2 Å². The minimum Gasteiger partial charge on any atom is -0.462 e. The molecule has 60 heavy (non-hydrogen) atoms. The number of ether oxygens (including phenoxy) is 3. The molecule has 0 aliphatic heterocycles. The molecule has 0 aliphatic rings. The van der Waals surface area contributed by atoms with Gasteiger partial charge in [-0.2, -0.15) is 0 Å². The minimum atomic E-state index is -0.763. The van der Waals surface area contributed by atoms with Crippen molar-refractivity contribution in [1.82, 2.24) is 0 Å². The average molecular weight is 849 g/mol. The molecule has 6 nitrogen and oxygen atoms in total. The lowest BCUT2D eigenvalue weighted by Crippen LogP contribution is -2.30. The van der Waals surface area contributed by atoms with Gasteiger partial charge in [-0.05, 0) is 37.0 Å². The second-order valence-electron chi connectivity index (χ2n) is 19.7. The first-order valence-corrected chi connectivity index (χ1v) is 26.6. The van der Waals surface area contributed by atoms with E-state index in [2.05, 4.69) is 41.5 Å². The molecule has 0 radical (unpaired) electrons. The van der Waals surface area contributed by atoms with Gasteiger partial charge in [-0.3, -0.25) is 14.4 Å². The van der Waals surface area contributed by atoms with E-state index in [0.29, 0.717) is 19.3 Å². The third kappa shape index (κ3) is 45.9. The normalized spacial score (nSPS) is 12.6. The van der Waals surface area contributed by atoms with E-state index in [1.165, 1.54) is 173 Å². The van der Waals surface area contributed by atoms with Gasteiger partial charge in [-0.15, -0.1) is 0 Å². The summed E-state index contributed by atoms with van der Waals surface area (Å²) in [5.74, 6) is 1.64. The van der Waals surface area contributed by atoms with Crippen LogP contribution in [0.4, 0.5) is 0 Å². The maximum Gasteiger partial charge on any atom is 0.306 e. The smallest absolute Gasteiger partial charge is 0.306 e. The van der Waals surface area contributed by atoms with Gasteiger partial charge in [0.2, 0.25) is 0 Å². The van der Waals surface area contributed by atoms with E-state index in [-0.39, 0.29) is 31.1 Å². The van der Waals surface area contributed by atoms with Crippen LogP contribution in [0.1, 0.15) is 292 Å². The van der Waals surface area contributed by atoms with E-state index in [1.54, 1.807) is 0 Å². The molecule has 0 fully saturated rings. The second kappa shape index (κ2) is 45.4. The highest BCUT2D eigenvalue weighted by atomic mass is 16.6. The molecule has 2 atom stereocenters. The van der Waals surface area contributed by atoms with Gasteiger partial charge in [-0.1, -0.05) is 253 Å². The van der Waals surface area contributed by atoms with E-state index in [1.807, 2.05) is 0 Å². The molecular weight excluding hydrogens is 745 g/mol. The third-order valence-corrected chi connectivity index (χ3v) is 12.5. The van der Waals surface area contributed by atoms with Crippen molar-refractivity contribution in [3.05, 3.63) is 0 Å². The maximum absolute atomic E-state index is 12.8. The predicted molar refractivity (Wildman–Crippen MR) is 256 cm³/mol. The SMILES string of the molecule is CCC(C)CCCCCCCCCCCCC(=O)OC[C@H](COC(=O)CCCCCCCCCCCCCCCCCC(C)C)OC(=O)CCCCCCCCCC(C)C. The highest BCUT2D eigenvalue weighted by Gasteiger charge is 2.19. The maximum atomic E-state index is 12.8. The van der Waals surface area contributed by atoms with Crippen LogP contribution in [0, 0.1) is 17.8 Å². The fourth-order valence-electron chi connectivity index (χ4n) is 8.08. The van der Waals surface area contributed by atoms with Gasteiger partial charge >= 0.3 is 17.9 Å². The summed E-state index contributed by atoms with van der Waals surface area (Å²) in [5, 5.41) is 0. The highest BCUT2D eigenvalue weighted by molar-refractivity contribution is 5.71. The van der Waals surface area contributed by atoms with Crippen LogP contribution in [0.3, 0.4) is 0 Å². The van der Waals surface area contributed by atoms with Crippen LogP contribution in [0.25, 0.3) is 0 Å². The van der Waals surface area contributed by atoms with Gasteiger partial charge in [0.05, 0.1) is 0 Å². The Morgan fingerprint density at radius 2 is 0.583 bits per heavy atom. The summed E-state index contributed by atoms with van der Waals surface area (Å²) in [7, 11) is 0. The molecule has 0 N–H and O–H groups in total. The molecular formula is C54H104O6. The van der Waals surface area contributed by atoms with Crippen LogP contribution >= 0.6 is 0 Å². The lowest BCUT2D eigenvalue weighted by atomic mass is 9.99. The van der Waals surface area contributed by atoms with E-state index < -0.39 is 6.10 Å². The second-order valence-corrected chi connectivity index (χ2v) is 19.7. The topological polar surface area (TPSA) is 78.9 Å². The largest absolute Gasteiger partial charge is 0.462 e. The van der Waals surface area contributed by atoms with Crippen LogP contribution < -0.4 is 0 Å². The van der Waals surface area contributed by atoms with Crippen molar-refractivity contribution in [2.45, 2.75) is 298 Å². The molecule has 0 rings (SSSR count). The Hall–Kier alpha value is -1.59. The third-order valence-electron chi connectivity index (χ3n) is 12.5. The molecule has 0 aromatic heterocycles. The van der Waals surface area contributed by atoms with Gasteiger partial charge in [-0.25, -0.2) is 0 Å². The molecule has 6 heteroatoms. The standard InChI is InChI=1S/C54H104O6/c1-7-50(6)42-36-30-24-18-15-16-20-26-32-38-44-53(56)59-47-51(60-54(57)45-39-33-27-21-23-29-35-41-49(4)5)46-58-52(55)43-37-31-25-19-14-12-10-8-9-11-13-17-22-28-34-40-48(2)3/h48-51H,7-47H2,1-6H3/t50?,51-/m0/s1. The number of carbonyl (C=O) groups is 3. The van der Waals surface area contributed by atoms with Crippen LogP contribution in [0.15, 0.2) is 0 Å². The zero-order valence-corrected chi connectivity index (χ0v) is 41.3. The number of unbranched alkanes of at least 4 members (excludes halogenated alkanes) is 29. The van der Waals surface area contributed by atoms with Gasteiger partial charge in [0.1, 0.15) is 13.2 Å². The fourth-order valence-corrected chi connectivity index (χ4v) is 8.08. The molecule has 0 amide bonds. The Morgan fingerprint density at radius 1 is 0.333 bits per heavy atom. The highest BCUT2D eigenvalue weighted by Crippen LogP contribution is 2.18. The first-order valence-electron chi connectivity index (χ1n) is 26.6. The van der Waals surface area contributed by atoms with Crippen LogP contribution in [-0.4, -0.2) is 37.2 Å². The molecule has 1 unspecified atom stereocenters. The minimum absolute atomic E-state index is 0.0651. The van der Waals surface area contributed by atoms with Gasteiger partial charge in [0.25, 0.3) is 0 Å². The molecule has 0 spiro atoms. The molecule has 0 bridgehead atoms. The molecule has 0 heterocycles. The Morgan fingerprint density at radius 3 is 0.867 bits per heavy atom. The number of esters is 3. The Labute approximate surface area is 374 Å². The van der Waals surface area contributed by atoms with Crippen molar-refractivity contribution < 1.29 is 28.6 Å². The zero-order chi connectivity index (χ0) is 44.2. The molecule has 0 aliphatic carbocycles. The zero-order valence-electron chi connectivity index (χ0n) is 41.3. The Bertz CT molecular complexity index is 931. The summed E-state index contributed by atoms with van der Waals surface area (Å²) >= 11 is 0. The number of hydrogen-bond donors (Lipinski definition) is 0. The molecule has 356 valence electrons. The summed E-state index contributed by atoms with van der Waals surface area (Å²) in [6.07, 6.45) is 45.2. The lowest BCUT2D eigenvalue weighted by Gasteiger charge is -2.18. The molecule has 0 saturated heterocycles. The summed E-state index contributed by atoms with van der Waals surface area (Å²) in [5.41, 5.74) is 0. The first kappa shape index (κ1) is 58.4. The summed E-state index contributed by atoms with van der Waals surface area (Å²) < 4.78 is 16.8. The van der Waals surface area contributed by atoms with Crippen LogP contribution in [0.5, 0.6) is 0 Å². The van der Waals surface area contributed by atoms with Crippen molar-refractivity contribution in [3.63, 3.8) is 0 Å². The molecule has 0 aromatic carbocycles.